The molecule has 0 heterocycles. The lowest BCUT2D eigenvalue weighted by atomic mass is 9.81. The Bertz CT molecular complexity index is 317. The minimum Gasteiger partial charge on any atom is -0.298 e. The second-order valence-corrected chi connectivity index (χ2v) is 6.98. The summed E-state index contributed by atoms with van der Waals surface area (Å²) in [6.07, 6.45) is 2.08. The molecule has 0 aromatic heterocycles. The summed E-state index contributed by atoms with van der Waals surface area (Å²) in [6.45, 7) is 14.3. The topological polar surface area (TPSA) is 46.2 Å². The van der Waals surface area contributed by atoms with Crippen LogP contribution in [-0.2, 0) is 9.59 Å². The lowest BCUT2D eigenvalue weighted by molar-refractivity contribution is -0.127. The highest BCUT2D eigenvalue weighted by atomic mass is 16.1. The van der Waals surface area contributed by atoms with Gasteiger partial charge in [0, 0.05) is 12.3 Å². The Hall–Kier alpha value is -0.700. The van der Waals surface area contributed by atoms with Crippen LogP contribution in [0, 0.1) is 11.3 Å². The molecule has 19 heavy (non-hydrogen) atoms. The summed E-state index contributed by atoms with van der Waals surface area (Å²) >= 11 is 0. The van der Waals surface area contributed by atoms with Crippen molar-refractivity contribution in [1.29, 1.82) is 0 Å². The lowest BCUT2D eigenvalue weighted by Crippen LogP contribution is -2.52. The summed E-state index contributed by atoms with van der Waals surface area (Å²) in [5, 5.41) is 3.18. The van der Waals surface area contributed by atoms with Crippen LogP contribution in [0.15, 0.2) is 0 Å². The maximum absolute atomic E-state index is 12.4. The van der Waals surface area contributed by atoms with E-state index in [0.717, 1.165) is 6.42 Å². The molecule has 0 aliphatic carbocycles. The predicted octanol–water partition coefficient (Wildman–Crippen LogP) is 3.37. The van der Waals surface area contributed by atoms with Gasteiger partial charge in [-0.05, 0) is 25.2 Å². The summed E-state index contributed by atoms with van der Waals surface area (Å²) in [6, 6.07) is 0. The van der Waals surface area contributed by atoms with Crippen LogP contribution >= 0.6 is 0 Å². The third-order valence-electron chi connectivity index (χ3n) is 3.83. The van der Waals surface area contributed by atoms with Crippen LogP contribution in [0.4, 0.5) is 0 Å². The third kappa shape index (κ3) is 6.33. The van der Waals surface area contributed by atoms with Gasteiger partial charge in [0.1, 0.15) is 5.78 Å². The zero-order valence-electron chi connectivity index (χ0n) is 13.7. The molecule has 0 aromatic carbocycles. The number of hydrogen-bond donors (Lipinski definition) is 1. The maximum Gasteiger partial charge on any atom is 0.153 e. The number of Topliss-reactive ketones (excluding diaryl/α,β-unsaturated/α-hetero) is 2. The third-order valence-corrected chi connectivity index (χ3v) is 3.83. The van der Waals surface area contributed by atoms with Gasteiger partial charge < -0.3 is 0 Å². The van der Waals surface area contributed by atoms with Crippen molar-refractivity contribution in [3.63, 3.8) is 0 Å². The number of nitrogens with one attached hydrogen (secondary N) is 1. The molecule has 2 atom stereocenters. The first-order valence-corrected chi connectivity index (χ1v) is 7.36. The molecular weight excluding hydrogens is 238 g/mol. The second kappa shape index (κ2) is 7.18. The van der Waals surface area contributed by atoms with E-state index in [9.17, 15) is 9.59 Å². The van der Waals surface area contributed by atoms with E-state index >= 15 is 0 Å². The van der Waals surface area contributed by atoms with Gasteiger partial charge >= 0.3 is 0 Å². The van der Waals surface area contributed by atoms with Crippen LogP contribution in [0.3, 0.4) is 0 Å². The highest BCUT2D eigenvalue weighted by molar-refractivity contribution is 5.89. The van der Waals surface area contributed by atoms with Crippen LogP contribution in [0.25, 0.3) is 0 Å². The van der Waals surface area contributed by atoms with Crippen molar-refractivity contribution < 1.29 is 9.59 Å². The molecule has 0 radical (unpaired) electrons. The summed E-state index contributed by atoms with van der Waals surface area (Å²) in [7, 11) is 0. The Morgan fingerprint density at radius 3 is 2.00 bits per heavy atom. The lowest BCUT2D eigenvalue weighted by Gasteiger charge is -2.31. The number of carbonyl (C=O) groups is 2. The summed E-state index contributed by atoms with van der Waals surface area (Å²) in [5.74, 6) is 0.441. The summed E-state index contributed by atoms with van der Waals surface area (Å²) in [5.41, 5.74) is -0.605. The van der Waals surface area contributed by atoms with E-state index in [1.807, 2.05) is 27.7 Å². The molecule has 3 nitrogen and oxygen atoms in total. The minimum absolute atomic E-state index is 0.0179. The van der Waals surface area contributed by atoms with E-state index in [2.05, 4.69) is 26.1 Å². The van der Waals surface area contributed by atoms with Crippen LogP contribution in [0.5, 0.6) is 0 Å². The largest absolute Gasteiger partial charge is 0.298 e. The number of carbonyl (C=O) groups excluding carboxylic acids is 2. The number of rotatable bonds is 8. The van der Waals surface area contributed by atoms with E-state index in [-0.39, 0.29) is 29.4 Å². The van der Waals surface area contributed by atoms with Crippen molar-refractivity contribution in [3.05, 3.63) is 0 Å². The molecule has 0 fully saturated rings. The van der Waals surface area contributed by atoms with Gasteiger partial charge in [-0.3, -0.25) is 14.9 Å². The van der Waals surface area contributed by atoms with Crippen molar-refractivity contribution in [3.8, 4) is 0 Å². The molecule has 0 aliphatic rings. The average molecular weight is 269 g/mol. The molecule has 0 amide bonds. The average Bonchev–Trinajstić information content (AvgIpc) is 2.32. The first-order chi connectivity index (χ1) is 8.55. The van der Waals surface area contributed by atoms with Gasteiger partial charge in [0.05, 0.1) is 12.1 Å². The predicted molar refractivity (Wildman–Crippen MR) is 80.2 cm³/mol. The van der Waals surface area contributed by atoms with Gasteiger partial charge in [0.15, 0.2) is 5.78 Å². The molecule has 0 aliphatic heterocycles. The first-order valence-electron chi connectivity index (χ1n) is 7.36. The van der Waals surface area contributed by atoms with Gasteiger partial charge in [0.25, 0.3) is 0 Å². The van der Waals surface area contributed by atoms with E-state index in [0.29, 0.717) is 12.8 Å². The van der Waals surface area contributed by atoms with Crippen molar-refractivity contribution >= 4 is 11.6 Å². The monoisotopic (exact) mass is 269 g/mol. The SMILES string of the molecule is CCC(C)C(=O)CNC(C)(CC)C(=O)CC(C)(C)C. The van der Waals surface area contributed by atoms with Crippen LogP contribution in [0.2, 0.25) is 0 Å². The Balaban J connectivity index is 4.62. The zero-order valence-corrected chi connectivity index (χ0v) is 13.7. The fourth-order valence-corrected chi connectivity index (χ4v) is 1.78. The van der Waals surface area contributed by atoms with Gasteiger partial charge in [0.2, 0.25) is 0 Å². The van der Waals surface area contributed by atoms with E-state index in [4.69, 9.17) is 0 Å². The van der Waals surface area contributed by atoms with Gasteiger partial charge in [-0.2, -0.15) is 0 Å². The molecule has 3 heteroatoms. The van der Waals surface area contributed by atoms with Gasteiger partial charge in [-0.1, -0.05) is 41.5 Å². The molecule has 0 aromatic rings. The molecule has 0 saturated carbocycles. The molecule has 2 unspecified atom stereocenters. The first kappa shape index (κ1) is 18.3. The fraction of sp³-hybridized carbons (Fsp3) is 0.875. The zero-order chi connectivity index (χ0) is 15.3. The van der Waals surface area contributed by atoms with Gasteiger partial charge in [-0.15, -0.1) is 0 Å². The fourth-order valence-electron chi connectivity index (χ4n) is 1.78. The van der Waals surface area contributed by atoms with Crippen molar-refractivity contribution in [2.75, 3.05) is 6.54 Å². The minimum atomic E-state index is -0.587. The maximum atomic E-state index is 12.4. The van der Waals surface area contributed by atoms with Gasteiger partial charge in [-0.25, -0.2) is 0 Å². The number of hydrogen-bond acceptors (Lipinski definition) is 3. The van der Waals surface area contributed by atoms with E-state index in [1.165, 1.54) is 0 Å². The van der Waals surface area contributed by atoms with Crippen LogP contribution in [-0.4, -0.2) is 23.7 Å². The smallest absolute Gasteiger partial charge is 0.153 e. The standard InChI is InChI=1S/C16H31NO2/c1-8-12(3)13(18)11-17-16(7,9-2)14(19)10-15(4,5)6/h12,17H,8-11H2,1-7H3. The van der Waals surface area contributed by atoms with Crippen LogP contribution < -0.4 is 5.32 Å². The van der Waals surface area contributed by atoms with E-state index in [1.54, 1.807) is 0 Å². The Morgan fingerprint density at radius 2 is 1.63 bits per heavy atom. The molecular formula is C16H31NO2. The van der Waals surface area contributed by atoms with Crippen molar-refractivity contribution in [1.82, 2.24) is 5.32 Å². The van der Waals surface area contributed by atoms with Crippen LogP contribution in [0.1, 0.15) is 67.7 Å². The second-order valence-electron chi connectivity index (χ2n) is 6.98. The molecule has 0 spiro atoms. The highest BCUT2D eigenvalue weighted by Gasteiger charge is 2.33. The Morgan fingerprint density at radius 1 is 1.11 bits per heavy atom. The summed E-state index contributed by atoms with van der Waals surface area (Å²) in [4.78, 5) is 24.3. The Labute approximate surface area is 118 Å². The molecule has 0 bridgehead atoms. The summed E-state index contributed by atoms with van der Waals surface area (Å²) < 4.78 is 0. The normalized spacial score (nSPS) is 16.8. The van der Waals surface area contributed by atoms with E-state index < -0.39 is 5.54 Å². The van der Waals surface area contributed by atoms with Crippen molar-refractivity contribution in [2.45, 2.75) is 73.3 Å². The molecule has 0 rings (SSSR count). The molecule has 0 saturated heterocycles. The number of ketones is 2. The van der Waals surface area contributed by atoms with Crippen molar-refractivity contribution in [2.24, 2.45) is 11.3 Å². The quantitative estimate of drug-likeness (QED) is 0.735. The Kier molecular flexibility index (Phi) is 6.92. The molecule has 1 N–H and O–H groups in total. The molecule has 112 valence electrons. The highest BCUT2D eigenvalue weighted by Crippen LogP contribution is 2.24.